The largest absolute Gasteiger partial charge is 0.294 e. The Kier molecular flexibility index (Phi) is 2.73. The van der Waals surface area contributed by atoms with E-state index in [4.69, 9.17) is 0 Å². The molecule has 0 spiro atoms. The van der Waals surface area contributed by atoms with E-state index in [9.17, 15) is 4.79 Å². The molecule has 0 fully saturated rings. The first-order valence-corrected chi connectivity index (χ1v) is 5.34. The van der Waals surface area contributed by atoms with E-state index in [1.165, 1.54) is 4.21 Å². The lowest BCUT2D eigenvalue weighted by atomic mass is 10.2. The van der Waals surface area contributed by atoms with E-state index in [1.54, 1.807) is 30.0 Å². The molecule has 11 heavy (non-hydrogen) atoms. The normalized spacial score (nSPS) is 10.1. The zero-order valence-electron chi connectivity index (χ0n) is 6.80. The standard InChI is InChI=1S/C8H10OS2/c1-5(9)7-4-8(10-3)11-6(7)2/h4H,1-3H3. The van der Waals surface area contributed by atoms with E-state index in [0.717, 1.165) is 10.4 Å². The van der Waals surface area contributed by atoms with Crippen molar-refractivity contribution >= 4 is 28.9 Å². The number of rotatable bonds is 2. The van der Waals surface area contributed by atoms with Gasteiger partial charge in [0, 0.05) is 10.4 Å². The van der Waals surface area contributed by atoms with Gasteiger partial charge >= 0.3 is 0 Å². The highest BCUT2D eigenvalue weighted by molar-refractivity contribution is 8.00. The number of carbonyl (C=O) groups excluding carboxylic acids is 1. The summed E-state index contributed by atoms with van der Waals surface area (Å²) in [5, 5.41) is 0. The molecule has 0 radical (unpaired) electrons. The summed E-state index contributed by atoms with van der Waals surface area (Å²) in [6.07, 6.45) is 2.02. The molecule has 0 atom stereocenters. The quantitative estimate of drug-likeness (QED) is 0.522. The Hall–Kier alpha value is -0.280. The van der Waals surface area contributed by atoms with E-state index < -0.39 is 0 Å². The molecule has 3 heteroatoms. The lowest BCUT2D eigenvalue weighted by molar-refractivity contribution is 0.101. The summed E-state index contributed by atoms with van der Waals surface area (Å²) in [4.78, 5) is 12.1. The van der Waals surface area contributed by atoms with Crippen molar-refractivity contribution in [1.82, 2.24) is 0 Å². The van der Waals surface area contributed by atoms with Crippen molar-refractivity contribution in [3.8, 4) is 0 Å². The first-order chi connectivity index (χ1) is 5.15. The predicted octanol–water partition coefficient (Wildman–Crippen LogP) is 2.98. The van der Waals surface area contributed by atoms with Crippen molar-refractivity contribution in [1.29, 1.82) is 0 Å². The average Bonchev–Trinajstić information content (AvgIpc) is 2.30. The monoisotopic (exact) mass is 186 g/mol. The van der Waals surface area contributed by atoms with Crippen LogP contribution >= 0.6 is 23.1 Å². The number of hydrogen-bond acceptors (Lipinski definition) is 3. The van der Waals surface area contributed by atoms with Gasteiger partial charge in [-0.2, -0.15) is 0 Å². The van der Waals surface area contributed by atoms with Crippen LogP contribution in [0.5, 0.6) is 0 Å². The second-order valence-corrected chi connectivity index (χ2v) is 4.66. The summed E-state index contributed by atoms with van der Waals surface area (Å²) < 4.78 is 1.22. The van der Waals surface area contributed by atoms with Gasteiger partial charge in [-0.15, -0.1) is 23.1 Å². The van der Waals surface area contributed by atoms with Gasteiger partial charge in [-0.1, -0.05) is 0 Å². The summed E-state index contributed by atoms with van der Waals surface area (Å²) >= 11 is 3.37. The number of ketones is 1. The van der Waals surface area contributed by atoms with Crippen molar-refractivity contribution in [2.45, 2.75) is 18.1 Å². The van der Waals surface area contributed by atoms with Crippen molar-refractivity contribution in [2.24, 2.45) is 0 Å². The van der Waals surface area contributed by atoms with E-state index in [1.807, 2.05) is 19.2 Å². The van der Waals surface area contributed by atoms with Crippen LogP contribution in [0.3, 0.4) is 0 Å². The number of carbonyl (C=O) groups is 1. The topological polar surface area (TPSA) is 17.1 Å². The van der Waals surface area contributed by atoms with Gasteiger partial charge in [0.15, 0.2) is 5.78 Å². The lowest BCUT2D eigenvalue weighted by Gasteiger charge is -1.87. The molecule has 0 aliphatic carbocycles. The van der Waals surface area contributed by atoms with Crippen LogP contribution in [0.25, 0.3) is 0 Å². The molecular weight excluding hydrogens is 176 g/mol. The summed E-state index contributed by atoms with van der Waals surface area (Å²) in [6, 6.07) is 1.97. The molecule has 1 heterocycles. The Morgan fingerprint density at radius 1 is 1.64 bits per heavy atom. The van der Waals surface area contributed by atoms with Crippen molar-refractivity contribution in [3.05, 3.63) is 16.5 Å². The molecule has 0 aliphatic rings. The third-order valence-corrected chi connectivity index (χ3v) is 3.59. The average molecular weight is 186 g/mol. The first-order valence-electron chi connectivity index (χ1n) is 3.30. The van der Waals surface area contributed by atoms with Crippen LogP contribution in [-0.4, -0.2) is 12.0 Å². The number of thioether (sulfide) groups is 1. The van der Waals surface area contributed by atoms with Gasteiger partial charge in [-0.3, -0.25) is 4.79 Å². The highest BCUT2D eigenvalue weighted by atomic mass is 32.2. The van der Waals surface area contributed by atoms with Crippen LogP contribution in [0.1, 0.15) is 22.2 Å². The molecule has 60 valence electrons. The van der Waals surface area contributed by atoms with Crippen LogP contribution in [-0.2, 0) is 0 Å². The summed E-state index contributed by atoms with van der Waals surface area (Å²) in [5.41, 5.74) is 0.874. The van der Waals surface area contributed by atoms with Crippen molar-refractivity contribution < 1.29 is 4.79 Å². The van der Waals surface area contributed by atoms with Gasteiger partial charge in [-0.05, 0) is 26.2 Å². The third kappa shape index (κ3) is 1.84. The molecule has 0 amide bonds. The van der Waals surface area contributed by atoms with Crippen LogP contribution in [0.4, 0.5) is 0 Å². The highest BCUT2D eigenvalue weighted by Crippen LogP contribution is 2.28. The second kappa shape index (κ2) is 3.41. The van der Waals surface area contributed by atoms with Gasteiger partial charge < -0.3 is 0 Å². The van der Waals surface area contributed by atoms with E-state index >= 15 is 0 Å². The zero-order chi connectivity index (χ0) is 8.43. The number of Topliss-reactive ketones (excluding diaryl/α,β-unsaturated/α-hetero) is 1. The minimum absolute atomic E-state index is 0.166. The summed E-state index contributed by atoms with van der Waals surface area (Å²) in [7, 11) is 0. The minimum Gasteiger partial charge on any atom is -0.294 e. The Morgan fingerprint density at radius 2 is 2.27 bits per heavy atom. The smallest absolute Gasteiger partial charge is 0.160 e. The molecule has 0 N–H and O–H groups in total. The van der Waals surface area contributed by atoms with Gasteiger partial charge in [0.1, 0.15) is 0 Å². The van der Waals surface area contributed by atoms with Gasteiger partial charge in [-0.25, -0.2) is 0 Å². The second-order valence-electron chi connectivity index (χ2n) is 2.30. The fraction of sp³-hybridized carbons (Fsp3) is 0.375. The Morgan fingerprint density at radius 3 is 2.55 bits per heavy atom. The SMILES string of the molecule is CSc1cc(C(C)=O)c(C)s1. The maximum atomic E-state index is 11.0. The fourth-order valence-corrected chi connectivity index (χ4v) is 2.64. The fourth-order valence-electron chi connectivity index (χ4n) is 0.905. The predicted molar refractivity (Wildman–Crippen MR) is 50.8 cm³/mol. The molecule has 1 aromatic heterocycles. The summed E-state index contributed by atoms with van der Waals surface area (Å²) in [5.74, 6) is 0.166. The maximum absolute atomic E-state index is 11.0. The zero-order valence-corrected chi connectivity index (χ0v) is 8.44. The Labute approximate surface area is 74.8 Å². The van der Waals surface area contributed by atoms with E-state index in [-0.39, 0.29) is 5.78 Å². The molecule has 0 bridgehead atoms. The molecule has 0 unspecified atom stereocenters. The number of aryl methyl sites for hydroxylation is 1. The third-order valence-electron chi connectivity index (χ3n) is 1.48. The molecule has 0 aromatic carbocycles. The molecule has 1 aromatic rings. The molecule has 0 aliphatic heterocycles. The van der Waals surface area contributed by atoms with Crippen LogP contribution in [0.2, 0.25) is 0 Å². The lowest BCUT2D eigenvalue weighted by Crippen LogP contribution is -1.89. The molecule has 1 nitrogen and oxygen atoms in total. The minimum atomic E-state index is 0.166. The summed E-state index contributed by atoms with van der Waals surface area (Å²) in [6.45, 7) is 3.60. The van der Waals surface area contributed by atoms with E-state index in [2.05, 4.69) is 0 Å². The maximum Gasteiger partial charge on any atom is 0.160 e. The Balaban J connectivity index is 3.07. The van der Waals surface area contributed by atoms with Crippen LogP contribution < -0.4 is 0 Å². The molecular formula is C8H10OS2. The molecule has 0 saturated carbocycles. The van der Waals surface area contributed by atoms with E-state index in [0.29, 0.717) is 0 Å². The Bertz CT molecular complexity index is 276. The highest BCUT2D eigenvalue weighted by Gasteiger charge is 2.07. The van der Waals surface area contributed by atoms with Gasteiger partial charge in [0.05, 0.1) is 4.21 Å². The van der Waals surface area contributed by atoms with Gasteiger partial charge in [0.2, 0.25) is 0 Å². The van der Waals surface area contributed by atoms with Crippen molar-refractivity contribution in [3.63, 3.8) is 0 Å². The van der Waals surface area contributed by atoms with Crippen LogP contribution in [0, 0.1) is 6.92 Å². The first kappa shape index (κ1) is 8.81. The number of thiophene rings is 1. The van der Waals surface area contributed by atoms with Crippen molar-refractivity contribution in [2.75, 3.05) is 6.26 Å². The number of hydrogen-bond donors (Lipinski definition) is 0. The van der Waals surface area contributed by atoms with Crippen LogP contribution in [0.15, 0.2) is 10.3 Å². The van der Waals surface area contributed by atoms with Gasteiger partial charge in [0.25, 0.3) is 0 Å². The molecule has 1 rings (SSSR count). The molecule has 0 saturated heterocycles.